The zero-order valence-electron chi connectivity index (χ0n) is 9.33. The number of ether oxygens (including phenoxy) is 1. The van der Waals surface area contributed by atoms with Gasteiger partial charge in [0, 0.05) is 19.1 Å². The van der Waals surface area contributed by atoms with Crippen molar-refractivity contribution in [3.05, 3.63) is 35.1 Å². The summed E-state index contributed by atoms with van der Waals surface area (Å²) in [6, 6.07) is 4.77. The highest BCUT2D eigenvalue weighted by Gasteiger charge is 2.24. The number of rotatable bonds is 2. The molecule has 0 radical (unpaired) electrons. The van der Waals surface area contributed by atoms with E-state index < -0.39 is 5.82 Å². The zero-order chi connectivity index (χ0) is 11.5. The predicted molar refractivity (Wildman–Crippen MR) is 59.0 cm³/mol. The first-order valence-electron chi connectivity index (χ1n) is 5.56. The van der Waals surface area contributed by atoms with Gasteiger partial charge in [0.05, 0.1) is 5.56 Å². The van der Waals surface area contributed by atoms with Gasteiger partial charge in [0.1, 0.15) is 5.82 Å². The number of benzene rings is 1. The molecular formula is C13H15FO2. The van der Waals surface area contributed by atoms with Crippen LogP contribution in [0.1, 0.15) is 28.8 Å². The first-order valence-corrected chi connectivity index (χ1v) is 5.56. The van der Waals surface area contributed by atoms with Crippen LogP contribution in [0.3, 0.4) is 0 Å². The Morgan fingerprint density at radius 2 is 2.06 bits per heavy atom. The molecule has 0 aliphatic carbocycles. The molecule has 0 N–H and O–H groups in total. The summed E-state index contributed by atoms with van der Waals surface area (Å²) in [6.45, 7) is 3.01. The Morgan fingerprint density at radius 1 is 1.38 bits per heavy atom. The zero-order valence-corrected chi connectivity index (χ0v) is 9.33. The molecule has 0 amide bonds. The van der Waals surface area contributed by atoms with E-state index in [9.17, 15) is 9.18 Å². The van der Waals surface area contributed by atoms with Crippen molar-refractivity contribution in [1.29, 1.82) is 0 Å². The quantitative estimate of drug-likeness (QED) is 0.719. The van der Waals surface area contributed by atoms with Crippen LogP contribution in [0.25, 0.3) is 0 Å². The maximum Gasteiger partial charge on any atom is 0.169 e. The van der Waals surface area contributed by atoms with Gasteiger partial charge in [-0.15, -0.1) is 0 Å². The molecule has 1 saturated heterocycles. The van der Waals surface area contributed by atoms with Crippen molar-refractivity contribution in [3.8, 4) is 0 Å². The minimum Gasteiger partial charge on any atom is -0.381 e. The van der Waals surface area contributed by atoms with Crippen molar-refractivity contribution < 1.29 is 13.9 Å². The van der Waals surface area contributed by atoms with Crippen molar-refractivity contribution in [2.24, 2.45) is 5.92 Å². The third-order valence-electron chi connectivity index (χ3n) is 2.98. The fourth-order valence-corrected chi connectivity index (χ4v) is 2.00. The first-order chi connectivity index (χ1) is 7.68. The number of hydrogen-bond donors (Lipinski definition) is 0. The maximum absolute atomic E-state index is 13.6. The Morgan fingerprint density at radius 3 is 2.69 bits per heavy atom. The van der Waals surface area contributed by atoms with Gasteiger partial charge in [-0.25, -0.2) is 4.39 Å². The third kappa shape index (κ3) is 2.30. The highest BCUT2D eigenvalue weighted by atomic mass is 19.1. The van der Waals surface area contributed by atoms with Gasteiger partial charge in [0.2, 0.25) is 0 Å². The summed E-state index contributed by atoms with van der Waals surface area (Å²) in [5.74, 6) is -0.566. The molecule has 2 nitrogen and oxygen atoms in total. The van der Waals surface area contributed by atoms with Crippen LogP contribution in [0.4, 0.5) is 4.39 Å². The van der Waals surface area contributed by atoms with E-state index in [0.717, 1.165) is 5.56 Å². The maximum atomic E-state index is 13.6. The molecule has 0 saturated carbocycles. The molecule has 0 aromatic heterocycles. The van der Waals surface area contributed by atoms with Gasteiger partial charge in [-0.3, -0.25) is 4.79 Å². The lowest BCUT2D eigenvalue weighted by Crippen LogP contribution is -2.24. The highest BCUT2D eigenvalue weighted by Crippen LogP contribution is 2.22. The minimum atomic E-state index is -0.406. The largest absolute Gasteiger partial charge is 0.381 e. The number of carbonyl (C=O) groups excluding carboxylic acids is 1. The standard InChI is InChI=1S/C13H15FO2/c1-9-2-3-11(12(14)8-9)13(15)10-4-6-16-7-5-10/h2-3,8,10H,4-7H2,1H3. The van der Waals surface area contributed by atoms with Gasteiger partial charge in [-0.05, 0) is 37.5 Å². The van der Waals surface area contributed by atoms with Crippen LogP contribution in [0.2, 0.25) is 0 Å². The summed E-state index contributed by atoms with van der Waals surface area (Å²) in [4.78, 5) is 12.0. The molecule has 1 aromatic rings. The molecular weight excluding hydrogens is 207 g/mol. The normalized spacial score (nSPS) is 17.4. The summed E-state index contributed by atoms with van der Waals surface area (Å²) >= 11 is 0. The van der Waals surface area contributed by atoms with E-state index in [1.165, 1.54) is 6.07 Å². The van der Waals surface area contributed by atoms with Gasteiger partial charge in [-0.2, -0.15) is 0 Å². The van der Waals surface area contributed by atoms with Crippen LogP contribution >= 0.6 is 0 Å². The monoisotopic (exact) mass is 222 g/mol. The average molecular weight is 222 g/mol. The van der Waals surface area contributed by atoms with Crippen molar-refractivity contribution in [1.82, 2.24) is 0 Å². The summed E-state index contributed by atoms with van der Waals surface area (Å²) in [6.07, 6.45) is 1.40. The third-order valence-corrected chi connectivity index (χ3v) is 2.98. The van der Waals surface area contributed by atoms with Crippen molar-refractivity contribution in [2.75, 3.05) is 13.2 Å². The lowest BCUT2D eigenvalue weighted by atomic mass is 9.90. The molecule has 0 bridgehead atoms. The smallest absolute Gasteiger partial charge is 0.169 e. The fourth-order valence-electron chi connectivity index (χ4n) is 2.00. The van der Waals surface area contributed by atoms with Gasteiger partial charge in [0.25, 0.3) is 0 Å². The number of ketones is 1. The molecule has 0 atom stereocenters. The average Bonchev–Trinajstić information content (AvgIpc) is 2.29. The molecule has 1 fully saturated rings. The molecule has 2 rings (SSSR count). The van der Waals surface area contributed by atoms with Gasteiger partial charge in [-0.1, -0.05) is 6.07 Å². The van der Waals surface area contributed by atoms with Crippen LogP contribution in [0.5, 0.6) is 0 Å². The van der Waals surface area contributed by atoms with E-state index >= 15 is 0 Å². The van der Waals surface area contributed by atoms with Gasteiger partial charge < -0.3 is 4.74 Å². The van der Waals surface area contributed by atoms with E-state index in [1.807, 2.05) is 6.92 Å². The number of aryl methyl sites for hydroxylation is 1. The molecule has 1 aliphatic heterocycles. The SMILES string of the molecule is Cc1ccc(C(=O)C2CCOCC2)c(F)c1. The topological polar surface area (TPSA) is 26.3 Å². The van der Waals surface area contributed by atoms with Crippen LogP contribution in [-0.2, 0) is 4.74 Å². The fraction of sp³-hybridized carbons (Fsp3) is 0.462. The summed E-state index contributed by atoms with van der Waals surface area (Å²) in [5, 5.41) is 0. The van der Waals surface area contributed by atoms with E-state index in [4.69, 9.17) is 4.74 Å². The lowest BCUT2D eigenvalue weighted by molar-refractivity contribution is 0.0542. The van der Waals surface area contributed by atoms with Crippen LogP contribution in [-0.4, -0.2) is 19.0 Å². The van der Waals surface area contributed by atoms with Crippen molar-refractivity contribution in [3.63, 3.8) is 0 Å². The predicted octanol–water partition coefficient (Wildman–Crippen LogP) is 2.74. The van der Waals surface area contributed by atoms with Gasteiger partial charge >= 0.3 is 0 Å². The van der Waals surface area contributed by atoms with E-state index in [2.05, 4.69) is 0 Å². The summed E-state index contributed by atoms with van der Waals surface area (Å²) < 4.78 is 18.8. The van der Waals surface area contributed by atoms with E-state index in [0.29, 0.717) is 26.1 Å². The molecule has 0 unspecified atom stereocenters. The molecule has 0 spiro atoms. The molecule has 1 aromatic carbocycles. The lowest BCUT2D eigenvalue weighted by Gasteiger charge is -2.21. The van der Waals surface area contributed by atoms with Crippen LogP contribution in [0.15, 0.2) is 18.2 Å². The van der Waals surface area contributed by atoms with Crippen molar-refractivity contribution >= 4 is 5.78 Å². The number of Topliss-reactive ketones (excluding diaryl/α,β-unsaturated/α-hetero) is 1. The molecule has 1 aliphatic rings. The second-order valence-electron chi connectivity index (χ2n) is 4.23. The Hall–Kier alpha value is -1.22. The summed E-state index contributed by atoms with van der Waals surface area (Å²) in [7, 11) is 0. The molecule has 86 valence electrons. The highest BCUT2D eigenvalue weighted by molar-refractivity contribution is 5.98. The first kappa shape index (κ1) is 11.3. The summed E-state index contributed by atoms with van der Waals surface area (Å²) in [5.41, 5.74) is 1.05. The van der Waals surface area contributed by atoms with Crippen LogP contribution < -0.4 is 0 Å². The number of carbonyl (C=O) groups is 1. The Labute approximate surface area is 94.4 Å². The molecule has 16 heavy (non-hydrogen) atoms. The number of halogens is 1. The minimum absolute atomic E-state index is 0.0778. The second kappa shape index (κ2) is 4.74. The molecule has 1 heterocycles. The molecule has 3 heteroatoms. The Kier molecular flexibility index (Phi) is 3.34. The van der Waals surface area contributed by atoms with Crippen LogP contribution in [0, 0.1) is 18.7 Å². The Bertz CT molecular complexity index is 395. The number of hydrogen-bond acceptors (Lipinski definition) is 2. The van der Waals surface area contributed by atoms with E-state index in [-0.39, 0.29) is 17.3 Å². The van der Waals surface area contributed by atoms with Gasteiger partial charge in [0.15, 0.2) is 5.78 Å². The Balaban J connectivity index is 2.19. The van der Waals surface area contributed by atoms with Crippen molar-refractivity contribution in [2.45, 2.75) is 19.8 Å². The van der Waals surface area contributed by atoms with E-state index in [1.54, 1.807) is 12.1 Å². The second-order valence-corrected chi connectivity index (χ2v) is 4.23.